The van der Waals surface area contributed by atoms with Crippen LogP contribution in [0.4, 0.5) is 0 Å². The van der Waals surface area contributed by atoms with Gasteiger partial charge in [0, 0.05) is 29.7 Å². The summed E-state index contributed by atoms with van der Waals surface area (Å²) in [5, 5.41) is 4.75. The van der Waals surface area contributed by atoms with Gasteiger partial charge in [-0.1, -0.05) is 13.3 Å². The second-order valence-electron chi connectivity index (χ2n) is 4.44. The van der Waals surface area contributed by atoms with E-state index in [4.69, 9.17) is 11.6 Å². The Hall–Kier alpha value is -0.500. The van der Waals surface area contributed by atoms with Crippen LogP contribution in [0.5, 0.6) is 0 Å². The monoisotopic (exact) mass is 226 g/mol. The molecule has 0 N–H and O–H groups in total. The summed E-state index contributed by atoms with van der Waals surface area (Å²) in [4.78, 5) is 0. The summed E-state index contributed by atoms with van der Waals surface area (Å²) in [5.74, 6) is 0.635. The number of aromatic nitrogens is 2. The normalized spacial score (nSPS) is 26.8. The van der Waals surface area contributed by atoms with Crippen LogP contribution in [0.3, 0.4) is 0 Å². The van der Waals surface area contributed by atoms with E-state index in [1.165, 1.54) is 25.0 Å². The van der Waals surface area contributed by atoms with Crippen molar-refractivity contribution in [1.29, 1.82) is 0 Å². The average Bonchev–Trinajstić information content (AvgIpc) is 2.66. The third-order valence-electron chi connectivity index (χ3n) is 3.21. The van der Waals surface area contributed by atoms with Crippen LogP contribution in [-0.4, -0.2) is 15.2 Å². The van der Waals surface area contributed by atoms with Crippen molar-refractivity contribution in [3.8, 4) is 0 Å². The minimum atomic E-state index is 0.369. The van der Waals surface area contributed by atoms with Gasteiger partial charge in [0.15, 0.2) is 0 Å². The molecule has 2 unspecified atom stereocenters. The summed E-state index contributed by atoms with van der Waals surface area (Å²) in [6, 6.07) is 2.16. The third kappa shape index (κ3) is 2.54. The number of halogens is 1. The molecule has 1 aromatic heterocycles. The molecule has 1 aliphatic rings. The average molecular weight is 227 g/mol. The third-order valence-corrected chi connectivity index (χ3v) is 3.61. The summed E-state index contributed by atoms with van der Waals surface area (Å²) in [5.41, 5.74) is 1.39. The minimum Gasteiger partial charge on any atom is -0.269 e. The molecule has 0 amide bonds. The van der Waals surface area contributed by atoms with Gasteiger partial charge in [-0.2, -0.15) is 5.10 Å². The molecule has 1 aromatic rings. The molecule has 1 heterocycles. The van der Waals surface area contributed by atoms with Crippen molar-refractivity contribution in [1.82, 2.24) is 9.78 Å². The first-order chi connectivity index (χ1) is 7.31. The van der Waals surface area contributed by atoms with Crippen molar-refractivity contribution < 1.29 is 0 Å². The number of nitrogens with zero attached hydrogens (tertiary/aromatic N) is 2. The lowest BCUT2D eigenvalue weighted by atomic mass is 9.86. The van der Waals surface area contributed by atoms with Gasteiger partial charge in [0.25, 0.3) is 0 Å². The maximum atomic E-state index is 6.23. The highest BCUT2D eigenvalue weighted by molar-refractivity contribution is 6.20. The Morgan fingerprint density at radius 2 is 2.40 bits per heavy atom. The predicted molar refractivity (Wildman–Crippen MR) is 63.4 cm³/mol. The van der Waals surface area contributed by atoms with E-state index in [2.05, 4.69) is 22.8 Å². The fraction of sp³-hybridized carbons (Fsp3) is 0.750. The SMILES string of the molecule is CCCn1nccc1C1CCCC(Cl)C1. The highest BCUT2D eigenvalue weighted by Gasteiger charge is 2.23. The molecule has 0 spiro atoms. The predicted octanol–water partition coefficient (Wildman–Crippen LogP) is 3.56. The Labute approximate surface area is 96.6 Å². The lowest BCUT2D eigenvalue weighted by Gasteiger charge is -2.25. The highest BCUT2D eigenvalue weighted by Crippen LogP contribution is 2.34. The van der Waals surface area contributed by atoms with Crippen molar-refractivity contribution in [2.24, 2.45) is 0 Å². The van der Waals surface area contributed by atoms with E-state index < -0.39 is 0 Å². The summed E-state index contributed by atoms with van der Waals surface area (Å²) in [6.45, 7) is 3.22. The van der Waals surface area contributed by atoms with Crippen molar-refractivity contribution >= 4 is 11.6 Å². The zero-order valence-electron chi connectivity index (χ0n) is 9.32. The molecule has 2 atom stereocenters. The number of hydrogen-bond donors (Lipinski definition) is 0. The van der Waals surface area contributed by atoms with Crippen molar-refractivity contribution in [2.45, 2.75) is 56.9 Å². The van der Waals surface area contributed by atoms with Crippen molar-refractivity contribution in [3.63, 3.8) is 0 Å². The van der Waals surface area contributed by atoms with Crippen LogP contribution >= 0.6 is 11.6 Å². The van der Waals surface area contributed by atoms with Crippen LogP contribution in [0.15, 0.2) is 12.3 Å². The van der Waals surface area contributed by atoms with Crippen LogP contribution in [-0.2, 0) is 6.54 Å². The number of rotatable bonds is 3. The zero-order valence-corrected chi connectivity index (χ0v) is 10.1. The summed E-state index contributed by atoms with van der Waals surface area (Å²) in [6.07, 6.45) is 7.90. The second kappa shape index (κ2) is 5.02. The van der Waals surface area contributed by atoms with Gasteiger partial charge in [-0.05, 0) is 31.7 Å². The maximum absolute atomic E-state index is 6.23. The second-order valence-corrected chi connectivity index (χ2v) is 5.06. The van der Waals surface area contributed by atoms with Gasteiger partial charge >= 0.3 is 0 Å². The van der Waals surface area contributed by atoms with Gasteiger partial charge in [-0.15, -0.1) is 11.6 Å². The van der Waals surface area contributed by atoms with E-state index in [-0.39, 0.29) is 0 Å². The first kappa shape index (κ1) is 11.0. The number of aryl methyl sites for hydroxylation is 1. The van der Waals surface area contributed by atoms with Gasteiger partial charge in [-0.25, -0.2) is 0 Å². The maximum Gasteiger partial charge on any atom is 0.0492 e. The molecule has 2 nitrogen and oxygen atoms in total. The molecule has 0 bridgehead atoms. The van der Waals surface area contributed by atoms with E-state index in [0.29, 0.717) is 11.3 Å². The van der Waals surface area contributed by atoms with Crippen molar-refractivity contribution in [2.75, 3.05) is 0 Å². The largest absolute Gasteiger partial charge is 0.269 e. The van der Waals surface area contributed by atoms with Gasteiger partial charge in [0.1, 0.15) is 0 Å². The molecule has 2 rings (SSSR count). The Morgan fingerprint density at radius 1 is 1.53 bits per heavy atom. The van der Waals surface area contributed by atoms with E-state index in [9.17, 15) is 0 Å². The first-order valence-electron chi connectivity index (χ1n) is 5.97. The van der Waals surface area contributed by atoms with Crippen LogP contribution in [0, 0.1) is 0 Å². The van der Waals surface area contributed by atoms with Crippen LogP contribution in [0.25, 0.3) is 0 Å². The molecular formula is C12H19ClN2. The fourth-order valence-corrected chi connectivity index (χ4v) is 2.86. The lowest BCUT2D eigenvalue weighted by Crippen LogP contribution is -2.17. The minimum absolute atomic E-state index is 0.369. The Bertz CT molecular complexity index is 308. The van der Waals surface area contributed by atoms with E-state index in [1.54, 1.807) is 0 Å². The molecule has 0 saturated heterocycles. The number of alkyl halides is 1. The number of hydrogen-bond acceptors (Lipinski definition) is 1. The van der Waals surface area contributed by atoms with E-state index in [0.717, 1.165) is 19.4 Å². The molecular weight excluding hydrogens is 208 g/mol. The van der Waals surface area contributed by atoms with Gasteiger partial charge in [-0.3, -0.25) is 4.68 Å². The van der Waals surface area contributed by atoms with Gasteiger partial charge in [0.2, 0.25) is 0 Å². The molecule has 84 valence electrons. The Morgan fingerprint density at radius 3 is 3.13 bits per heavy atom. The molecule has 15 heavy (non-hydrogen) atoms. The van der Waals surface area contributed by atoms with E-state index in [1.807, 2.05) is 6.20 Å². The fourth-order valence-electron chi connectivity index (χ4n) is 2.49. The Kier molecular flexibility index (Phi) is 3.68. The standard InChI is InChI=1S/C12H19ClN2/c1-2-8-15-12(6-7-14-15)10-4-3-5-11(13)9-10/h6-7,10-11H,2-5,8-9H2,1H3. The van der Waals surface area contributed by atoms with Gasteiger partial charge in [0.05, 0.1) is 0 Å². The molecule has 0 radical (unpaired) electrons. The first-order valence-corrected chi connectivity index (χ1v) is 6.40. The Balaban J connectivity index is 2.10. The quantitative estimate of drug-likeness (QED) is 0.721. The van der Waals surface area contributed by atoms with Crippen LogP contribution < -0.4 is 0 Å². The highest BCUT2D eigenvalue weighted by atomic mass is 35.5. The molecule has 1 fully saturated rings. The molecule has 1 saturated carbocycles. The van der Waals surface area contributed by atoms with E-state index >= 15 is 0 Å². The summed E-state index contributed by atoms with van der Waals surface area (Å²) in [7, 11) is 0. The lowest BCUT2D eigenvalue weighted by molar-refractivity contribution is 0.418. The molecule has 1 aliphatic carbocycles. The van der Waals surface area contributed by atoms with Crippen LogP contribution in [0.1, 0.15) is 50.6 Å². The van der Waals surface area contributed by atoms with Gasteiger partial charge < -0.3 is 0 Å². The smallest absolute Gasteiger partial charge is 0.0492 e. The molecule has 0 aromatic carbocycles. The molecule has 0 aliphatic heterocycles. The summed E-state index contributed by atoms with van der Waals surface area (Å²) >= 11 is 6.23. The topological polar surface area (TPSA) is 17.8 Å². The summed E-state index contributed by atoms with van der Waals surface area (Å²) < 4.78 is 2.15. The van der Waals surface area contributed by atoms with Crippen LogP contribution in [0.2, 0.25) is 0 Å². The zero-order chi connectivity index (χ0) is 10.7. The van der Waals surface area contributed by atoms with Crippen molar-refractivity contribution in [3.05, 3.63) is 18.0 Å². The molecule has 3 heteroatoms.